The number of hydrogen-bond acceptors (Lipinski definition) is 3. The van der Waals surface area contributed by atoms with E-state index < -0.39 is 12.0 Å². The van der Waals surface area contributed by atoms with Crippen molar-refractivity contribution in [3.8, 4) is 0 Å². The van der Waals surface area contributed by atoms with Crippen LogP contribution in [-0.2, 0) is 14.4 Å². The predicted octanol–water partition coefficient (Wildman–Crippen LogP) is 0.0246. The number of nitrogens with one attached hydrogen (secondary N) is 2. The fourth-order valence-electron chi connectivity index (χ4n) is 1.90. The molecule has 17 heavy (non-hydrogen) atoms. The summed E-state index contributed by atoms with van der Waals surface area (Å²) in [6.45, 7) is 1.93. The molecule has 1 unspecified atom stereocenters. The molecule has 0 aromatic carbocycles. The second kappa shape index (κ2) is 6.22. The third-order valence-corrected chi connectivity index (χ3v) is 2.72. The number of carboxylic acid groups (broad SMARTS) is 1. The van der Waals surface area contributed by atoms with Gasteiger partial charge >= 0.3 is 5.97 Å². The number of carboxylic acids is 1. The molecular weight excluding hydrogens is 224 g/mol. The SMILES string of the molecule is CCCC(CC(=O)O)NC(=O)[C@@H]1CCC(=O)N1. The Bertz CT molecular complexity index is 317. The Morgan fingerprint density at radius 1 is 1.59 bits per heavy atom. The van der Waals surface area contributed by atoms with Crippen LogP contribution in [-0.4, -0.2) is 35.0 Å². The van der Waals surface area contributed by atoms with E-state index in [0.717, 1.165) is 6.42 Å². The molecule has 6 heteroatoms. The van der Waals surface area contributed by atoms with Gasteiger partial charge in [-0.2, -0.15) is 0 Å². The summed E-state index contributed by atoms with van der Waals surface area (Å²) in [5.41, 5.74) is 0. The molecular formula is C11H18N2O4. The van der Waals surface area contributed by atoms with Gasteiger partial charge in [-0.1, -0.05) is 13.3 Å². The summed E-state index contributed by atoms with van der Waals surface area (Å²) >= 11 is 0. The van der Waals surface area contributed by atoms with Crippen LogP contribution >= 0.6 is 0 Å². The number of carbonyl (C=O) groups is 3. The van der Waals surface area contributed by atoms with Crippen molar-refractivity contribution in [2.45, 2.75) is 51.1 Å². The number of aliphatic carboxylic acids is 1. The average Bonchev–Trinajstić information content (AvgIpc) is 2.64. The van der Waals surface area contributed by atoms with Gasteiger partial charge in [0.15, 0.2) is 0 Å². The van der Waals surface area contributed by atoms with Crippen LogP contribution in [0, 0.1) is 0 Å². The van der Waals surface area contributed by atoms with E-state index in [1.165, 1.54) is 0 Å². The van der Waals surface area contributed by atoms with Crippen LogP contribution in [0.15, 0.2) is 0 Å². The number of rotatable bonds is 6. The molecule has 1 heterocycles. The minimum absolute atomic E-state index is 0.0831. The first-order valence-corrected chi connectivity index (χ1v) is 5.84. The zero-order valence-corrected chi connectivity index (χ0v) is 9.86. The first-order valence-electron chi connectivity index (χ1n) is 5.84. The maximum absolute atomic E-state index is 11.7. The molecule has 0 aliphatic carbocycles. The fraction of sp³-hybridized carbons (Fsp3) is 0.727. The minimum atomic E-state index is -0.931. The molecule has 1 aliphatic rings. The topological polar surface area (TPSA) is 95.5 Å². The molecule has 0 bridgehead atoms. The Morgan fingerprint density at radius 2 is 2.29 bits per heavy atom. The maximum Gasteiger partial charge on any atom is 0.305 e. The minimum Gasteiger partial charge on any atom is -0.481 e. The van der Waals surface area contributed by atoms with Crippen LogP contribution in [0.4, 0.5) is 0 Å². The predicted molar refractivity (Wildman–Crippen MR) is 60.3 cm³/mol. The lowest BCUT2D eigenvalue weighted by Crippen LogP contribution is -2.46. The van der Waals surface area contributed by atoms with E-state index in [4.69, 9.17) is 5.11 Å². The van der Waals surface area contributed by atoms with Gasteiger partial charge < -0.3 is 15.7 Å². The Hall–Kier alpha value is -1.59. The Kier molecular flexibility index (Phi) is 4.93. The van der Waals surface area contributed by atoms with Crippen LogP contribution < -0.4 is 10.6 Å². The fourth-order valence-corrected chi connectivity index (χ4v) is 1.90. The second-order valence-electron chi connectivity index (χ2n) is 4.25. The van der Waals surface area contributed by atoms with Crippen molar-refractivity contribution < 1.29 is 19.5 Å². The van der Waals surface area contributed by atoms with Gasteiger partial charge in [-0.3, -0.25) is 14.4 Å². The average molecular weight is 242 g/mol. The molecule has 3 N–H and O–H groups in total. The number of hydrogen-bond donors (Lipinski definition) is 3. The summed E-state index contributed by atoms with van der Waals surface area (Å²) < 4.78 is 0. The molecule has 96 valence electrons. The highest BCUT2D eigenvalue weighted by Crippen LogP contribution is 2.08. The molecule has 0 spiro atoms. The second-order valence-corrected chi connectivity index (χ2v) is 4.25. The quantitative estimate of drug-likeness (QED) is 0.612. The Balaban J connectivity index is 2.45. The molecule has 0 saturated carbocycles. The molecule has 1 rings (SSSR count). The third-order valence-electron chi connectivity index (χ3n) is 2.72. The van der Waals surface area contributed by atoms with E-state index in [0.29, 0.717) is 19.3 Å². The van der Waals surface area contributed by atoms with E-state index in [-0.39, 0.29) is 24.3 Å². The lowest BCUT2D eigenvalue weighted by molar-refractivity contribution is -0.138. The summed E-state index contributed by atoms with van der Waals surface area (Å²) in [4.78, 5) is 33.3. The van der Waals surface area contributed by atoms with Crippen molar-refractivity contribution in [3.05, 3.63) is 0 Å². The van der Waals surface area contributed by atoms with Crippen molar-refractivity contribution in [2.24, 2.45) is 0 Å². The largest absolute Gasteiger partial charge is 0.481 e. The van der Waals surface area contributed by atoms with Crippen molar-refractivity contribution in [2.75, 3.05) is 0 Å². The van der Waals surface area contributed by atoms with Gasteiger partial charge in [-0.25, -0.2) is 0 Å². The van der Waals surface area contributed by atoms with E-state index in [9.17, 15) is 14.4 Å². The molecule has 2 atom stereocenters. The molecule has 0 aromatic rings. The van der Waals surface area contributed by atoms with Crippen molar-refractivity contribution in [1.82, 2.24) is 10.6 Å². The number of amides is 2. The first kappa shape index (κ1) is 13.5. The molecule has 1 saturated heterocycles. The highest BCUT2D eigenvalue weighted by Gasteiger charge is 2.28. The highest BCUT2D eigenvalue weighted by atomic mass is 16.4. The highest BCUT2D eigenvalue weighted by molar-refractivity contribution is 5.91. The summed E-state index contributed by atoms with van der Waals surface area (Å²) in [5.74, 6) is -1.34. The normalized spacial score (nSPS) is 20.8. The van der Waals surface area contributed by atoms with Gasteiger partial charge in [0, 0.05) is 12.5 Å². The zero-order valence-electron chi connectivity index (χ0n) is 9.86. The third kappa shape index (κ3) is 4.42. The van der Waals surface area contributed by atoms with Gasteiger partial charge in [0.2, 0.25) is 11.8 Å². The van der Waals surface area contributed by atoms with Gasteiger partial charge in [-0.05, 0) is 12.8 Å². The smallest absolute Gasteiger partial charge is 0.305 e. The molecule has 1 aliphatic heterocycles. The summed E-state index contributed by atoms with van der Waals surface area (Å²) in [5, 5.41) is 13.9. The van der Waals surface area contributed by atoms with E-state index in [1.54, 1.807) is 0 Å². The van der Waals surface area contributed by atoms with Gasteiger partial charge in [-0.15, -0.1) is 0 Å². The summed E-state index contributed by atoms with van der Waals surface area (Å²) in [6, 6.07) is -0.863. The monoisotopic (exact) mass is 242 g/mol. The standard InChI is InChI=1S/C11H18N2O4/c1-2-3-7(6-10(15)16)12-11(17)8-4-5-9(14)13-8/h7-8H,2-6H2,1H3,(H,12,17)(H,13,14)(H,15,16)/t7?,8-/m0/s1. The Labute approximate surface area is 99.8 Å². The lowest BCUT2D eigenvalue weighted by atomic mass is 10.1. The van der Waals surface area contributed by atoms with Crippen LogP contribution in [0.3, 0.4) is 0 Å². The van der Waals surface area contributed by atoms with Crippen molar-refractivity contribution in [3.63, 3.8) is 0 Å². The van der Waals surface area contributed by atoms with Gasteiger partial charge in [0.05, 0.1) is 6.42 Å². The molecule has 1 fully saturated rings. The first-order chi connectivity index (χ1) is 8.02. The van der Waals surface area contributed by atoms with E-state index >= 15 is 0 Å². The summed E-state index contributed by atoms with van der Waals surface area (Å²) in [6.07, 6.45) is 2.18. The molecule has 0 radical (unpaired) electrons. The van der Waals surface area contributed by atoms with Crippen LogP contribution in [0.5, 0.6) is 0 Å². The van der Waals surface area contributed by atoms with Crippen molar-refractivity contribution in [1.29, 1.82) is 0 Å². The van der Waals surface area contributed by atoms with E-state index in [1.807, 2.05) is 6.92 Å². The van der Waals surface area contributed by atoms with Crippen LogP contribution in [0.25, 0.3) is 0 Å². The molecule has 2 amide bonds. The van der Waals surface area contributed by atoms with Crippen molar-refractivity contribution >= 4 is 17.8 Å². The lowest BCUT2D eigenvalue weighted by Gasteiger charge is -2.18. The molecule has 6 nitrogen and oxygen atoms in total. The van der Waals surface area contributed by atoms with Crippen LogP contribution in [0.2, 0.25) is 0 Å². The maximum atomic E-state index is 11.7. The zero-order chi connectivity index (χ0) is 12.8. The number of carbonyl (C=O) groups excluding carboxylic acids is 2. The van der Waals surface area contributed by atoms with Crippen LogP contribution in [0.1, 0.15) is 39.0 Å². The summed E-state index contributed by atoms with van der Waals surface area (Å²) in [7, 11) is 0. The Morgan fingerprint density at radius 3 is 2.76 bits per heavy atom. The molecule has 0 aromatic heterocycles. The van der Waals surface area contributed by atoms with Gasteiger partial charge in [0.1, 0.15) is 6.04 Å². The van der Waals surface area contributed by atoms with E-state index in [2.05, 4.69) is 10.6 Å². The van der Waals surface area contributed by atoms with Gasteiger partial charge in [0.25, 0.3) is 0 Å².